The van der Waals surface area contributed by atoms with Crippen molar-refractivity contribution in [2.45, 2.75) is 44.5 Å². The topological polar surface area (TPSA) is 37.9 Å². The lowest BCUT2D eigenvalue weighted by atomic mass is 10.1. The highest BCUT2D eigenvalue weighted by atomic mass is 32.2. The molecule has 17 heavy (non-hydrogen) atoms. The Hall–Kier alpha value is -0.263. The van der Waals surface area contributed by atoms with E-state index in [4.69, 9.17) is 4.74 Å². The number of thioether (sulfide) groups is 1. The number of nitrogens with one attached hydrogen (secondary N) is 1. The van der Waals surface area contributed by atoms with Crippen molar-refractivity contribution in [3.05, 3.63) is 17.0 Å². The average Bonchev–Trinajstić information content (AvgIpc) is 2.67. The second-order valence-electron chi connectivity index (χ2n) is 5.79. The minimum absolute atomic E-state index is 0.746. The molecule has 3 nitrogen and oxygen atoms in total. The molecule has 0 fully saturated rings. The Morgan fingerprint density at radius 3 is 3.00 bits per heavy atom. The number of nitrogens with zero attached hydrogens (tertiary/aromatic N) is 1. The van der Waals surface area contributed by atoms with Crippen LogP contribution in [0, 0.1) is 0 Å². The fourth-order valence-corrected chi connectivity index (χ4v) is 5.44. The predicted molar refractivity (Wildman–Crippen MR) is 76.3 cm³/mol. The molecule has 0 radical (unpaired) electrons. The van der Waals surface area contributed by atoms with Crippen LogP contribution in [0.5, 0.6) is 0 Å². The molecule has 0 unspecified atom stereocenters. The average molecular weight is 270 g/mol. The molecule has 96 valence electrons. The minimum atomic E-state index is -0.882. The van der Waals surface area contributed by atoms with E-state index in [1.165, 1.54) is 28.7 Å². The van der Waals surface area contributed by atoms with Gasteiger partial charge in [-0.05, 0) is 11.8 Å². The Kier molecular flexibility index (Phi) is 4.33. The highest BCUT2D eigenvalue weighted by Crippen LogP contribution is 2.23. The normalized spacial score (nSPS) is 15.9. The lowest BCUT2D eigenvalue weighted by molar-refractivity contribution is 0.110. The van der Waals surface area contributed by atoms with Crippen LogP contribution >= 0.6 is 11.8 Å². The van der Waals surface area contributed by atoms with E-state index in [1.807, 2.05) is 11.8 Å². The molecule has 0 saturated heterocycles. The molecule has 0 atom stereocenters. The summed E-state index contributed by atoms with van der Waals surface area (Å²) in [6.45, 7) is 8.86. The van der Waals surface area contributed by atoms with Crippen molar-refractivity contribution in [2.24, 2.45) is 0 Å². The maximum atomic E-state index is 5.49. The molecular weight excluding hydrogens is 248 g/mol. The Bertz CT molecular complexity index is 373. The number of ether oxygens (including phenoxy) is 1. The van der Waals surface area contributed by atoms with Crippen molar-refractivity contribution in [2.75, 3.05) is 12.4 Å². The van der Waals surface area contributed by atoms with Gasteiger partial charge in [-0.2, -0.15) is 16.9 Å². The first-order valence-electron chi connectivity index (χ1n) is 6.27. The standard InChI is InChI=1S/C12H22N2OSSi/c1-17(2,3)7-6-16-9-12-10-8-15-5-4-11(10)13-14-12/h4-9H2,1-3H3,(H,13,14). The maximum Gasteiger partial charge on any atom is 0.0779 e. The smallest absolute Gasteiger partial charge is 0.0779 e. The number of H-pyrrole nitrogens is 1. The first-order valence-corrected chi connectivity index (χ1v) is 11.1. The molecule has 1 aliphatic heterocycles. The largest absolute Gasteiger partial charge is 0.376 e. The molecule has 5 heteroatoms. The van der Waals surface area contributed by atoms with E-state index in [-0.39, 0.29) is 0 Å². The number of fused-ring (bicyclic) bond motifs is 1. The second kappa shape index (κ2) is 5.59. The first-order chi connectivity index (χ1) is 8.06. The summed E-state index contributed by atoms with van der Waals surface area (Å²) >= 11 is 2.01. The second-order valence-corrected chi connectivity index (χ2v) is 12.5. The zero-order valence-electron chi connectivity index (χ0n) is 11.0. The zero-order valence-corrected chi connectivity index (χ0v) is 12.8. The van der Waals surface area contributed by atoms with E-state index in [9.17, 15) is 0 Å². The molecule has 1 N–H and O–H groups in total. The minimum Gasteiger partial charge on any atom is -0.376 e. The summed E-state index contributed by atoms with van der Waals surface area (Å²) in [7, 11) is -0.882. The van der Waals surface area contributed by atoms with Gasteiger partial charge in [0.25, 0.3) is 0 Å². The van der Waals surface area contributed by atoms with Crippen LogP contribution in [-0.2, 0) is 23.5 Å². The van der Waals surface area contributed by atoms with Crippen LogP contribution in [0.3, 0.4) is 0 Å². The predicted octanol–water partition coefficient (Wildman–Crippen LogP) is 3.05. The van der Waals surface area contributed by atoms with Crippen LogP contribution in [0.1, 0.15) is 17.0 Å². The Labute approximate surface area is 109 Å². The van der Waals surface area contributed by atoms with Crippen molar-refractivity contribution < 1.29 is 4.74 Å². The van der Waals surface area contributed by atoms with Gasteiger partial charge in [-0.25, -0.2) is 0 Å². The van der Waals surface area contributed by atoms with E-state index < -0.39 is 8.07 Å². The van der Waals surface area contributed by atoms with E-state index in [0.29, 0.717) is 0 Å². The summed E-state index contributed by atoms with van der Waals surface area (Å²) < 4.78 is 5.49. The highest BCUT2D eigenvalue weighted by molar-refractivity contribution is 7.98. The molecule has 0 spiro atoms. The fraction of sp³-hybridized carbons (Fsp3) is 0.750. The zero-order chi connectivity index (χ0) is 12.3. The van der Waals surface area contributed by atoms with Crippen LogP contribution in [-0.4, -0.2) is 30.6 Å². The summed E-state index contributed by atoms with van der Waals surface area (Å²) in [5.41, 5.74) is 3.81. The third-order valence-corrected chi connectivity index (χ3v) is 6.10. The van der Waals surface area contributed by atoms with Crippen molar-refractivity contribution in [3.63, 3.8) is 0 Å². The number of aromatic amines is 1. The molecule has 0 amide bonds. The monoisotopic (exact) mass is 270 g/mol. The summed E-state index contributed by atoms with van der Waals surface area (Å²) in [6.07, 6.45) is 0.988. The third kappa shape index (κ3) is 3.86. The van der Waals surface area contributed by atoms with Gasteiger partial charge in [0.1, 0.15) is 0 Å². The molecular formula is C12H22N2OSSi. The molecule has 1 aromatic rings. The number of hydrogen-bond acceptors (Lipinski definition) is 3. The maximum absolute atomic E-state index is 5.49. The van der Waals surface area contributed by atoms with Crippen molar-refractivity contribution >= 4 is 19.8 Å². The SMILES string of the molecule is C[Si](C)(C)CCSCc1n[nH]c2c1COCC2. The lowest BCUT2D eigenvalue weighted by Crippen LogP contribution is -2.19. The van der Waals surface area contributed by atoms with Gasteiger partial charge in [0, 0.05) is 31.5 Å². The molecule has 0 saturated carbocycles. The summed E-state index contributed by atoms with van der Waals surface area (Å²) in [5, 5.41) is 7.57. The highest BCUT2D eigenvalue weighted by Gasteiger charge is 2.17. The van der Waals surface area contributed by atoms with Crippen LogP contribution in [0.25, 0.3) is 0 Å². The van der Waals surface area contributed by atoms with Gasteiger partial charge < -0.3 is 4.74 Å². The number of rotatable bonds is 5. The Morgan fingerprint density at radius 1 is 1.41 bits per heavy atom. The number of hydrogen-bond donors (Lipinski definition) is 1. The van der Waals surface area contributed by atoms with Crippen LogP contribution in [0.4, 0.5) is 0 Å². The first kappa shape index (κ1) is 13.2. The summed E-state index contributed by atoms with van der Waals surface area (Å²) in [4.78, 5) is 0. The molecule has 0 bridgehead atoms. The van der Waals surface area contributed by atoms with Gasteiger partial charge in [-0.15, -0.1) is 0 Å². The molecule has 2 rings (SSSR count). The molecule has 0 aromatic carbocycles. The van der Waals surface area contributed by atoms with E-state index in [2.05, 4.69) is 29.8 Å². The molecule has 2 heterocycles. The Balaban J connectivity index is 1.81. The van der Waals surface area contributed by atoms with Gasteiger partial charge in [0.05, 0.1) is 18.9 Å². The molecule has 0 aliphatic carbocycles. The quantitative estimate of drug-likeness (QED) is 0.660. The van der Waals surface area contributed by atoms with Crippen LogP contribution < -0.4 is 0 Å². The molecule has 1 aromatic heterocycles. The van der Waals surface area contributed by atoms with Gasteiger partial charge in [-0.3, -0.25) is 5.10 Å². The number of aromatic nitrogens is 2. The van der Waals surface area contributed by atoms with Gasteiger partial charge >= 0.3 is 0 Å². The van der Waals surface area contributed by atoms with E-state index >= 15 is 0 Å². The van der Waals surface area contributed by atoms with Gasteiger partial charge in [0.2, 0.25) is 0 Å². The Morgan fingerprint density at radius 2 is 2.24 bits per heavy atom. The lowest BCUT2D eigenvalue weighted by Gasteiger charge is -2.15. The fourth-order valence-electron chi connectivity index (χ4n) is 1.84. The summed E-state index contributed by atoms with van der Waals surface area (Å²) in [5.74, 6) is 2.29. The van der Waals surface area contributed by atoms with E-state index in [1.54, 1.807) is 0 Å². The van der Waals surface area contributed by atoms with Crippen LogP contribution in [0.2, 0.25) is 25.7 Å². The molecule has 1 aliphatic rings. The third-order valence-electron chi connectivity index (χ3n) is 3.02. The van der Waals surface area contributed by atoms with Crippen molar-refractivity contribution in [1.29, 1.82) is 0 Å². The van der Waals surface area contributed by atoms with Crippen molar-refractivity contribution in [3.8, 4) is 0 Å². The van der Waals surface area contributed by atoms with Gasteiger partial charge in [0.15, 0.2) is 0 Å². The summed E-state index contributed by atoms with van der Waals surface area (Å²) in [6, 6.07) is 1.39. The van der Waals surface area contributed by atoms with Gasteiger partial charge in [-0.1, -0.05) is 19.6 Å². The van der Waals surface area contributed by atoms with Crippen LogP contribution in [0.15, 0.2) is 0 Å². The van der Waals surface area contributed by atoms with E-state index in [0.717, 1.165) is 25.4 Å². The van der Waals surface area contributed by atoms with Crippen molar-refractivity contribution in [1.82, 2.24) is 10.2 Å².